The van der Waals surface area contributed by atoms with Crippen LogP contribution in [0.1, 0.15) is 96.8 Å². The summed E-state index contributed by atoms with van der Waals surface area (Å²) < 4.78 is 0. The number of aliphatic hydroxyl groups excluding tert-OH is 2. The van der Waals surface area contributed by atoms with E-state index in [1.807, 2.05) is 0 Å². The van der Waals surface area contributed by atoms with Crippen LogP contribution in [-0.2, 0) is 9.59 Å². The number of carboxylic acids is 2. The van der Waals surface area contributed by atoms with Crippen LogP contribution in [0.15, 0.2) is 12.2 Å². The summed E-state index contributed by atoms with van der Waals surface area (Å²) in [6.45, 7) is 2.78. The second-order valence-corrected chi connectivity index (χ2v) is 7.10. The minimum atomic E-state index is -1.07. The van der Waals surface area contributed by atoms with E-state index >= 15 is 0 Å². The van der Waals surface area contributed by atoms with Gasteiger partial charge in [0.2, 0.25) is 0 Å². The molecule has 1 atom stereocenters. The minimum absolute atomic E-state index is 0.283. The molecular weight excluding hydrogens is 360 g/mol. The zero-order valence-corrected chi connectivity index (χ0v) is 17.7. The van der Waals surface area contributed by atoms with Crippen molar-refractivity contribution in [3.63, 3.8) is 0 Å². The second-order valence-electron chi connectivity index (χ2n) is 7.10. The average Bonchev–Trinajstić information content (AvgIpc) is 2.66. The summed E-state index contributed by atoms with van der Waals surface area (Å²) in [5.74, 6) is -3.05. The monoisotopic (exact) mass is 402 g/mol. The van der Waals surface area contributed by atoms with Gasteiger partial charge in [0.25, 0.3) is 0 Å². The number of unbranched alkanes of at least 4 members (excludes halogenated alkanes) is 11. The molecule has 0 amide bonds. The van der Waals surface area contributed by atoms with Crippen molar-refractivity contribution in [1.82, 2.24) is 0 Å². The lowest BCUT2D eigenvalue weighted by Gasteiger charge is -2.03. The topological polar surface area (TPSA) is 115 Å². The number of carbonyl (C=O) groups is 2. The SMILES string of the molecule is CCCCCCCCCCC=CC(CC(=O)O)C(=O)O.OCCCCCCO. The molecule has 166 valence electrons. The second kappa shape index (κ2) is 23.6. The molecule has 0 aliphatic rings. The Kier molecular flexibility index (Phi) is 24.3. The molecule has 0 aromatic rings. The van der Waals surface area contributed by atoms with Crippen molar-refractivity contribution in [2.75, 3.05) is 13.2 Å². The number of aliphatic carboxylic acids is 2. The lowest BCUT2D eigenvalue weighted by molar-refractivity contribution is -0.146. The van der Waals surface area contributed by atoms with Crippen LogP contribution in [0.5, 0.6) is 0 Å². The molecule has 0 aromatic heterocycles. The van der Waals surface area contributed by atoms with Gasteiger partial charge in [-0.2, -0.15) is 0 Å². The van der Waals surface area contributed by atoms with Crippen molar-refractivity contribution in [3.8, 4) is 0 Å². The zero-order valence-electron chi connectivity index (χ0n) is 17.7. The largest absolute Gasteiger partial charge is 0.481 e. The first-order valence-corrected chi connectivity index (χ1v) is 10.8. The van der Waals surface area contributed by atoms with Gasteiger partial charge in [0, 0.05) is 13.2 Å². The van der Waals surface area contributed by atoms with Gasteiger partial charge in [0.05, 0.1) is 12.3 Å². The van der Waals surface area contributed by atoms with Crippen molar-refractivity contribution in [1.29, 1.82) is 0 Å². The van der Waals surface area contributed by atoms with E-state index in [1.54, 1.807) is 6.08 Å². The number of carboxylic acid groups (broad SMARTS) is 2. The molecular formula is C22H42O6. The molecule has 28 heavy (non-hydrogen) atoms. The fourth-order valence-corrected chi connectivity index (χ4v) is 2.66. The van der Waals surface area contributed by atoms with E-state index in [0.717, 1.165) is 44.9 Å². The van der Waals surface area contributed by atoms with Gasteiger partial charge < -0.3 is 20.4 Å². The Hall–Kier alpha value is -1.40. The predicted octanol–water partition coefficient (Wildman–Crippen LogP) is 4.78. The average molecular weight is 403 g/mol. The highest BCUT2D eigenvalue weighted by Crippen LogP contribution is 2.11. The maximum Gasteiger partial charge on any atom is 0.310 e. The molecule has 0 aliphatic heterocycles. The third-order valence-corrected chi connectivity index (χ3v) is 4.37. The summed E-state index contributed by atoms with van der Waals surface area (Å²) in [5.41, 5.74) is 0. The van der Waals surface area contributed by atoms with E-state index in [0.29, 0.717) is 0 Å². The molecule has 0 heterocycles. The van der Waals surface area contributed by atoms with Crippen LogP contribution in [0.3, 0.4) is 0 Å². The standard InChI is InChI=1S/C16H28O4.C6H14O2/c1-2-3-4-5-6-7-8-9-10-11-12-14(16(19)20)13-15(17)18;7-5-3-1-2-4-6-8/h11-12,14H,2-10,13H2,1H3,(H,17,18)(H,19,20);7-8H,1-6H2. The molecule has 4 N–H and O–H groups in total. The number of hydrogen-bond acceptors (Lipinski definition) is 4. The Bertz CT molecular complexity index is 375. The normalized spacial score (nSPS) is 11.8. The first kappa shape index (κ1) is 28.8. The Balaban J connectivity index is 0. The van der Waals surface area contributed by atoms with Gasteiger partial charge in [-0.3, -0.25) is 9.59 Å². The summed E-state index contributed by atoms with van der Waals surface area (Å²) in [6.07, 6.45) is 17.6. The molecule has 0 radical (unpaired) electrons. The van der Waals surface area contributed by atoms with Crippen LogP contribution < -0.4 is 0 Å². The van der Waals surface area contributed by atoms with E-state index in [1.165, 1.54) is 44.6 Å². The summed E-state index contributed by atoms with van der Waals surface area (Å²) in [4.78, 5) is 21.3. The highest BCUT2D eigenvalue weighted by molar-refractivity contribution is 5.79. The molecule has 0 saturated heterocycles. The van der Waals surface area contributed by atoms with E-state index < -0.39 is 17.9 Å². The quantitative estimate of drug-likeness (QED) is 0.194. The molecule has 0 rings (SSSR count). The highest BCUT2D eigenvalue weighted by atomic mass is 16.4. The molecule has 0 fully saturated rings. The predicted molar refractivity (Wildman–Crippen MR) is 112 cm³/mol. The van der Waals surface area contributed by atoms with Crippen LogP contribution >= 0.6 is 0 Å². The fourth-order valence-electron chi connectivity index (χ4n) is 2.66. The van der Waals surface area contributed by atoms with E-state index in [2.05, 4.69) is 6.92 Å². The number of aliphatic hydroxyl groups is 2. The Morgan fingerprint density at radius 2 is 1.21 bits per heavy atom. The number of allylic oxidation sites excluding steroid dienone is 1. The van der Waals surface area contributed by atoms with Gasteiger partial charge in [-0.15, -0.1) is 0 Å². The fraction of sp³-hybridized carbons (Fsp3) is 0.818. The van der Waals surface area contributed by atoms with Crippen molar-refractivity contribution in [2.24, 2.45) is 5.92 Å². The lowest BCUT2D eigenvalue weighted by Crippen LogP contribution is -2.15. The zero-order chi connectivity index (χ0) is 21.5. The summed E-state index contributed by atoms with van der Waals surface area (Å²) >= 11 is 0. The number of hydrogen-bond donors (Lipinski definition) is 4. The minimum Gasteiger partial charge on any atom is -0.481 e. The highest BCUT2D eigenvalue weighted by Gasteiger charge is 2.17. The van der Waals surface area contributed by atoms with Gasteiger partial charge in [-0.05, 0) is 25.7 Å². The molecule has 6 heteroatoms. The molecule has 0 spiro atoms. The van der Waals surface area contributed by atoms with Gasteiger partial charge in [0.15, 0.2) is 0 Å². The molecule has 1 unspecified atom stereocenters. The molecule has 0 bridgehead atoms. The number of rotatable bonds is 18. The van der Waals surface area contributed by atoms with Crippen LogP contribution in [0, 0.1) is 5.92 Å². The third-order valence-electron chi connectivity index (χ3n) is 4.37. The third kappa shape index (κ3) is 24.6. The van der Waals surface area contributed by atoms with Crippen LogP contribution in [0.25, 0.3) is 0 Å². The molecule has 6 nitrogen and oxygen atoms in total. The van der Waals surface area contributed by atoms with Gasteiger partial charge in [-0.25, -0.2) is 0 Å². The maximum absolute atomic E-state index is 10.8. The Morgan fingerprint density at radius 3 is 1.64 bits per heavy atom. The maximum atomic E-state index is 10.8. The van der Waals surface area contributed by atoms with Crippen LogP contribution in [0.4, 0.5) is 0 Å². The van der Waals surface area contributed by atoms with Gasteiger partial charge in [-0.1, -0.05) is 76.9 Å². The van der Waals surface area contributed by atoms with E-state index in [-0.39, 0.29) is 19.6 Å². The lowest BCUT2D eigenvalue weighted by atomic mass is 10.0. The first-order chi connectivity index (χ1) is 13.5. The summed E-state index contributed by atoms with van der Waals surface area (Å²) in [7, 11) is 0. The molecule has 0 aromatic carbocycles. The Morgan fingerprint density at radius 1 is 0.750 bits per heavy atom. The first-order valence-electron chi connectivity index (χ1n) is 10.8. The van der Waals surface area contributed by atoms with Crippen LogP contribution in [-0.4, -0.2) is 45.6 Å². The Labute approximate surface area is 170 Å². The molecule has 0 saturated carbocycles. The van der Waals surface area contributed by atoms with E-state index in [9.17, 15) is 9.59 Å². The van der Waals surface area contributed by atoms with Crippen molar-refractivity contribution >= 4 is 11.9 Å². The van der Waals surface area contributed by atoms with Crippen molar-refractivity contribution in [3.05, 3.63) is 12.2 Å². The summed E-state index contributed by atoms with van der Waals surface area (Å²) in [5, 5.41) is 34.1. The van der Waals surface area contributed by atoms with Gasteiger partial charge >= 0.3 is 11.9 Å². The summed E-state index contributed by atoms with van der Waals surface area (Å²) in [6, 6.07) is 0. The van der Waals surface area contributed by atoms with Crippen LogP contribution in [0.2, 0.25) is 0 Å². The van der Waals surface area contributed by atoms with Gasteiger partial charge in [0.1, 0.15) is 0 Å². The smallest absolute Gasteiger partial charge is 0.310 e. The van der Waals surface area contributed by atoms with Crippen molar-refractivity contribution in [2.45, 2.75) is 96.8 Å². The molecule has 0 aliphatic carbocycles. The van der Waals surface area contributed by atoms with E-state index in [4.69, 9.17) is 20.4 Å². The van der Waals surface area contributed by atoms with Crippen molar-refractivity contribution < 1.29 is 30.0 Å².